The Balaban J connectivity index is 2.02. The number of nitrogens with zero attached hydrogens (tertiary/aromatic N) is 1. The molecule has 1 aromatic rings. The number of ketones is 1. The number of carbonyl (C=O) groups excluding carboxylic acids is 2. The van der Waals surface area contributed by atoms with Crippen LogP contribution in [0.25, 0.3) is 0 Å². The Bertz CT molecular complexity index is 685. The predicted octanol–water partition coefficient (Wildman–Crippen LogP) is 2.96. The Labute approximate surface area is 128 Å². The van der Waals surface area contributed by atoms with Crippen LogP contribution in [0.5, 0.6) is 0 Å². The molecule has 0 aromatic heterocycles. The number of hydrogen-bond acceptors (Lipinski definition) is 3. The molecular weight excluding hydrogens is 282 g/mol. The average Bonchev–Trinajstić information content (AvgIpc) is 2.67. The van der Waals surface area contributed by atoms with Crippen molar-refractivity contribution in [1.29, 1.82) is 0 Å². The smallest absolute Gasteiger partial charge is 0.261 e. The van der Waals surface area contributed by atoms with E-state index >= 15 is 0 Å². The monoisotopic (exact) mass is 297 g/mol. The summed E-state index contributed by atoms with van der Waals surface area (Å²) in [7, 11) is 1.77. The van der Waals surface area contributed by atoms with Gasteiger partial charge in [-0.05, 0) is 48.9 Å². The molecule has 1 spiro atoms. The van der Waals surface area contributed by atoms with Gasteiger partial charge in [0.25, 0.3) is 5.91 Å². The van der Waals surface area contributed by atoms with Crippen molar-refractivity contribution < 1.29 is 9.59 Å². The molecule has 2 aliphatic rings. The van der Waals surface area contributed by atoms with E-state index in [1.165, 1.54) is 23.9 Å². The fourth-order valence-electron chi connectivity index (χ4n) is 2.64. The third-order valence-electron chi connectivity index (χ3n) is 3.96. The summed E-state index contributed by atoms with van der Waals surface area (Å²) in [5.41, 5.74) is 0.367. The molecule has 0 bridgehead atoms. The van der Waals surface area contributed by atoms with Crippen LogP contribution in [-0.4, -0.2) is 29.2 Å². The van der Waals surface area contributed by atoms with E-state index in [0.29, 0.717) is 0 Å². The summed E-state index contributed by atoms with van der Waals surface area (Å²) < 4.78 is 0. The standard InChI is InChI=1S/C17H15NO2S/c1-12-15(21-14-6-4-3-5-7-14)16(20)18(2)17(12)10-8-13(19)9-11-17/h3-11H,1-2H3. The molecule has 1 heterocycles. The van der Waals surface area contributed by atoms with Gasteiger partial charge in [0, 0.05) is 11.9 Å². The Hall–Kier alpha value is -2.07. The molecule has 3 nitrogen and oxygen atoms in total. The van der Waals surface area contributed by atoms with Crippen molar-refractivity contribution in [1.82, 2.24) is 4.90 Å². The number of likely N-dealkylation sites (N-methyl/N-ethyl adjacent to an activating group) is 1. The fourth-order valence-corrected chi connectivity index (χ4v) is 3.71. The zero-order chi connectivity index (χ0) is 15.0. The first-order chi connectivity index (χ1) is 10.0. The van der Waals surface area contributed by atoms with Crippen molar-refractivity contribution in [3.8, 4) is 0 Å². The molecule has 1 aliphatic heterocycles. The number of benzene rings is 1. The van der Waals surface area contributed by atoms with Crippen LogP contribution in [0.15, 0.2) is 70.0 Å². The molecule has 0 atom stereocenters. The Morgan fingerprint density at radius 1 is 1.05 bits per heavy atom. The molecular formula is C17H15NO2S. The minimum Gasteiger partial charge on any atom is -0.325 e. The van der Waals surface area contributed by atoms with Crippen LogP contribution in [0.2, 0.25) is 0 Å². The summed E-state index contributed by atoms with van der Waals surface area (Å²) >= 11 is 1.48. The first kappa shape index (κ1) is 13.9. The average molecular weight is 297 g/mol. The summed E-state index contributed by atoms with van der Waals surface area (Å²) in [5.74, 6) is -0.0524. The van der Waals surface area contributed by atoms with E-state index in [1.807, 2.05) is 37.3 Å². The lowest BCUT2D eigenvalue weighted by molar-refractivity contribution is -0.125. The quantitative estimate of drug-likeness (QED) is 0.842. The van der Waals surface area contributed by atoms with Gasteiger partial charge < -0.3 is 4.90 Å². The molecule has 21 heavy (non-hydrogen) atoms. The number of allylic oxidation sites excluding steroid dienone is 2. The highest BCUT2D eigenvalue weighted by atomic mass is 32.2. The highest BCUT2D eigenvalue weighted by Crippen LogP contribution is 2.44. The van der Waals surface area contributed by atoms with Gasteiger partial charge in [0.05, 0.1) is 4.91 Å². The molecule has 1 amide bonds. The van der Waals surface area contributed by atoms with Crippen molar-refractivity contribution in [2.45, 2.75) is 17.4 Å². The number of thioether (sulfide) groups is 1. The first-order valence-electron chi connectivity index (χ1n) is 6.69. The second kappa shape index (κ2) is 5.04. The van der Waals surface area contributed by atoms with Gasteiger partial charge in [-0.3, -0.25) is 9.59 Å². The van der Waals surface area contributed by atoms with E-state index in [4.69, 9.17) is 0 Å². The molecule has 0 saturated carbocycles. The third kappa shape index (κ3) is 2.16. The molecule has 0 N–H and O–H groups in total. The summed E-state index contributed by atoms with van der Waals surface area (Å²) in [5, 5.41) is 0. The molecule has 0 saturated heterocycles. The van der Waals surface area contributed by atoms with Crippen LogP contribution in [-0.2, 0) is 9.59 Å². The summed E-state index contributed by atoms with van der Waals surface area (Å²) in [4.78, 5) is 27.4. The number of rotatable bonds is 2. The summed E-state index contributed by atoms with van der Waals surface area (Å²) in [6, 6.07) is 9.83. The molecule has 1 aliphatic carbocycles. The maximum absolute atomic E-state index is 12.6. The highest BCUT2D eigenvalue weighted by molar-refractivity contribution is 8.04. The SMILES string of the molecule is CC1=C(Sc2ccccc2)C(=O)N(C)C12C=CC(=O)C=C2. The van der Waals surface area contributed by atoms with Crippen LogP contribution in [0.4, 0.5) is 0 Å². The third-order valence-corrected chi connectivity index (χ3v) is 5.15. The second-order valence-corrected chi connectivity index (χ2v) is 6.21. The number of amides is 1. The molecule has 1 aromatic carbocycles. The minimum atomic E-state index is -0.595. The van der Waals surface area contributed by atoms with Crippen LogP contribution in [0, 0.1) is 0 Å². The van der Waals surface area contributed by atoms with Crippen molar-refractivity contribution >= 4 is 23.5 Å². The van der Waals surface area contributed by atoms with Gasteiger partial charge in [0.2, 0.25) is 0 Å². The summed E-state index contributed by atoms with van der Waals surface area (Å²) in [6.45, 7) is 1.96. The van der Waals surface area contributed by atoms with E-state index in [9.17, 15) is 9.59 Å². The lowest BCUT2D eigenvalue weighted by Gasteiger charge is -2.33. The predicted molar refractivity (Wildman–Crippen MR) is 83.8 cm³/mol. The van der Waals surface area contributed by atoms with E-state index < -0.39 is 5.54 Å². The lowest BCUT2D eigenvalue weighted by atomic mass is 9.87. The zero-order valence-corrected chi connectivity index (χ0v) is 12.7. The molecule has 0 fully saturated rings. The highest BCUT2D eigenvalue weighted by Gasteiger charge is 2.45. The van der Waals surface area contributed by atoms with Crippen molar-refractivity contribution in [2.24, 2.45) is 0 Å². The Morgan fingerprint density at radius 2 is 1.67 bits per heavy atom. The zero-order valence-electron chi connectivity index (χ0n) is 11.9. The van der Waals surface area contributed by atoms with Crippen LogP contribution >= 0.6 is 11.8 Å². The van der Waals surface area contributed by atoms with Gasteiger partial charge in [0.15, 0.2) is 5.78 Å². The van der Waals surface area contributed by atoms with Gasteiger partial charge >= 0.3 is 0 Å². The van der Waals surface area contributed by atoms with E-state index in [2.05, 4.69) is 0 Å². The summed E-state index contributed by atoms with van der Waals surface area (Å²) in [6.07, 6.45) is 6.68. The Morgan fingerprint density at radius 3 is 2.29 bits per heavy atom. The van der Waals surface area contributed by atoms with E-state index in [0.717, 1.165) is 15.4 Å². The molecule has 106 valence electrons. The lowest BCUT2D eigenvalue weighted by Crippen LogP contribution is -2.43. The van der Waals surface area contributed by atoms with Gasteiger partial charge in [-0.1, -0.05) is 30.0 Å². The largest absolute Gasteiger partial charge is 0.325 e. The van der Waals surface area contributed by atoms with Crippen molar-refractivity contribution in [3.63, 3.8) is 0 Å². The molecule has 3 rings (SSSR count). The van der Waals surface area contributed by atoms with Crippen LogP contribution < -0.4 is 0 Å². The number of carbonyl (C=O) groups is 2. The molecule has 4 heteroatoms. The first-order valence-corrected chi connectivity index (χ1v) is 7.51. The molecule has 0 unspecified atom stereocenters. The van der Waals surface area contributed by atoms with Crippen LogP contribution in [0.1, 0.15) is 6.92 Å². The fraction of sp³-hybridized carbons (Fsp3) is 0.176. The molecule has 0 radical (unpaired) electrons. The van der Waals surface area contributed by atoms with Crippen LogP contribution in [0.3, 0.4) is 0 Å². The maximum Gasteiger partial charge on any atom is 0.261 e. The van der Waals surface area contributed by atoms with Crippen molar-refractivity contribution in [2.75, 3.05) is 7.05 Å². The second-order valence-electron chi connectivity index (χ2n) is 5.13. The maximum atomic E-state index is 12.6. The van der Waals surface area contributed by atoms with Crippen molar-refractivity contribution in [3.05, 3.63) is 65.1 Å². The van der Waals surface area contributed by atoms with Gasteiger partial charge in [-0.25, -0.2) is 0 Å². The van der Waals surface area contributed by atoms with Gasteiger partial charge in [0.1, 0.15) is 5.54 Å². The van der Waals surface area contributed by atoms with Gasteiger partial charge in [-0.15, -0.1) is 0 Å². The van der Waals surface area contributed by atoms with E-state index in [1.54, 1.807) is 24.1 Å². The Kier molecular flexibility index (Phi) is 3.33. The van der Waals surface area contributed by atoms with E-state index in [-0.39, 0.29) is 11.7 Å². The minimum absolute atomic E-state index is 0.00926. The topological polar surface area (TPSA) is 37.4 Å². The normalized spacial score (nSPS) is 20.0. The number of hydrogen-bond donors (Lipinski definition) is 0. The van der Waals surface area contributed by atoms with Gasteiger partial charge in [-0.2, -0.15) is 0 Å².